The van der Waals surface area contributed by atoms with Gasteiger partial charge in [-0.2, -0.15) is 5.10 Å². The summed E-state index contributed by atoms with van der Waals surface area (Å²) in [5.41, 5.74) is 2.45. The number of benzene rings is 2. The van der Waals surface area contributed by atoms with Crippen molar-refractivity contribution in [1.29, 1.82) is 0 Å². The third kappa shape index (κ3) is 5.17. The number of aryl methyl sites for hydroxylation is 1. The van der Waals surface area contributed by atoms with Crippen LogP contribution in [0.3, 0.4) is 0 Å². The zero-order valence-corrected chi connectivity index (χ0v) is 19.4. The molecule has 0 saturated carbocycles. The predicted octanol–water partition coefficient (Wildman–Crippen LogP) is 4.83. The van der Waals surface area contributed by atoms with Gasteiger partial charge in [0, 0.05) is 29.7 Å². The maximum absolute atomic E-state index is 13.2. The van der Waals surface area contributed by atoms with Crippen LogP contribution in [-0.4, -0.2) is 38.9 Å². The number of fused-ring (bicyclic) bond motifs is 1. The van der Waals surface area contributed by atoms with Crippen molar-refractivity contribution in [3.63, 3.8) is 0 Å². The molecule has 0 atom stereocenters. The number of nitrogens with zero attached hydrogens (tertiary/aromatic N) is 3. The summed E-state index contributed by atoms with van der Waals surface area (Å²) in [4.78, 5) is 38.3. The predicted molar refractivity (Wildman–Crippen MR) is 126 cm³/mol. The first-order valence-electron chi connectivity index (χ1n) is 11.1. The van der Waals surface area contributed by atoms with E-state index in [1.54, 1.807) is 41.1 Å². The van der Waals surface area contributed by atoms with Crippen molar-refractivity contribution in [1.82, 2.24) is 14.7 Å². The Balaban J connectivity index is 1.21. The summed E-state index contributed by atoms with van der Waals surface area (Å²) in [5.74, 6) is -0.642. The number of halogens is 2. The summed E-state index contributed by atoms with van der Waals surface area (Å²) in [5, 5.41) is 7.50. The van der Waals surface area contributed by atoms with Gasteiger partial charge >= 0.3 is 0 Å². The molecule has 0 spiro atoms. The number of amides is 3. The van der Waals surface area contributed by atoms with Gasteiger partial charge in [0.15, 0.2) is 5.82 Å². The topological polar surface area (TPSA) is 84.3 Å². The van der Waals surface area contributed by atoms with Crippen molar-refractivity contribution in [2.45, 2.75) is 39.2 Å². The van der Waals surface area contributed by atoms with Crippen molar-refractivity contribution < 1.29 is 18.8 Å². The molecular weight excluding hydrogens is 459 g/mol. The molecule has 3 amide bonds. The number of aromatic nitrogens is 2. The molecule has 1 N–H and O–H groups in total. The normalized spacial score (nSPS) is 12.9. The van der Waals surface area contributed by atoms with Crippen LogP contribution in [0.4, 0.5) is 10.2 Å². The van der Waals surface area contributed by atoms with Gasteiger partial charge in [-0.15, -0.1) is 0 Å². The van der Waals surface area contributed by atoms with E-state index in [4.69, 9.17) is 11.6 Å². The second kappa shape index (κ2) is 10.2. The number of carbonyl (C=O) groups is 3. The molecule has 0 unspecified atom stereocenters. The number of unbranched alkanes of at least 4 members (excludes halogenated alkanes) is 2. The first-order chi connectivity index (χ1) is 16.3. The van der Waals surface area contributed by atoms with Crippen LogP contribution in [0.2, 0.25) is 5.02 Å². The van der Waals surface area contributed by atoms with E-state index in [0.717, 1.165) is 11.3 Å². The Morgan fingerprint density at radius 3 is 2.41 bits per heavy atom. The number of rotatable bonds is 9. The van der Waals surface area contributed by atoms with Crippen molar-refractivity contribution in [2.24, 2.45) is 0 Å². The van der Waals surface area contributed by atoms with Crippen LogP contribution in [0.1, 0.15) is 57.7 Å². The van der Waals surface area contributed by atoms with Gasteiger partial charge in [0.1, 0.15) is 5.82 Å². The van der Waals surface area contributed by atoms with Gasteiger partial charge in [-0.05, 0) is 49.6 Å². The van der Waals surface area contributed by atoms with Crippen LogP contribution < -0.4 is 5.32 Å². The third-order valence-electron chi connectivity index (χ3n) is 5.75. The van der Waals surface area contributed by atoms with Crippen LogP contribution >= 0.6 is 11.6 Å². The third-order valence-corrected chi connectivity index (χ3v) is 6.10. The largest absolute Gasteiger partial charge is 0.309 e. The minimum Gasteiger partial charge on any atom is -0.309 e. The molecule has 34 heavy (non-hydrogen) atoms. The molecule has 0 fully saturated rings. The van der Waals surface area contributed by atoms with Crippen LogP contribution in [0.15, 0.2) is 48.5 Å². The van der Waals surface area contributed by atoms with E-state index >= 15 is 0 Å². The van der Waals surface area contributed by atoms with E-state index in [1.807, 2.05) is 6.92 Å². The van der Waals surface area contributed by atoms with Crippen molar-refractivity contribution >= 4 is 35.1 Å². The van der Waals surface area contributed by atoms with Crippen LogP contribution in [-0.2, 0) is 11.3 Å². The van der Waals surface area contributed by atoms with Gasteiger partial charge in [0.2, 0.25) is 5.91 Å². The second-order valence-corrected chi connectivity index (χ2v) is 8.64. The molecule has 1 aromatic heterocycles. The van der Waals surface area contributed by atoms with E-state index in [-0.39, 0.29) is 17.7 Å². The number of hydrogen-bond donors (Lipinski definition) is 1. The minimum absolute atomic E-state index is 0.162. The Hall–Kier alpha value is -3.52. The van der Waals surface area contributed by atoms with Crippen molar-refractivity contribution in [2.75, 3.05) is 11.9 Å². The molecule has 0 bridgehead atoms. The molecule has 2 heterocycles. The quantitative estimate of drug-likeness (QED) is 0.350. The lowest BCUT2D eigenvalue weighted by atomic mass is 10.1. The Morgan fingerprint density at radius 1 is 1.03 bits per heavy atom. The number of hydrogen-bond acceptors (Lipinski definition) is 4. The van der Waals surface area contributed by atoms with E-state index < -0.39 is 5.82 Å². The fraction of sp³-hybridized carbons (Fsp3) is 0.280. The Bertz CT molecular complexity index is 1220. The first kappa shape index (κ1) is 23.6. The smallest absolute Gasteiger partial charge is 0.261 e. The van der Waals surface area contributed by atoms with E-state index in [1.165, 1.54) is 17.0 Å². The van der Waals surface area contributed by atoms with Crippen LogP contribution in [0.5, 0.6) is 0 Å². The zero-order chi connectivity index (χ0) is 24.2. The molecule has 7 nitrogen and oxygen atoms in total. The molecule has 0 radical (unpaired) electrons. The maximum atomic E-state index is 13.2. The fourth-order valence-corrected chi connectivity index (χ4v) is 4.15. The van der Waals surface area contributed by atoms with Crippen LogP contribution in [0, 0.1) is 12.7 Å². The Kier molecular flexibility index (Phi) is 7.07. The van der Waals surface area contributed by atoms with Gasteiger partial charge < -0.3 is 5.32 Å². The number of nitrogens with one attached hydrogen (secondary N) is 1. The SMILES string of the molecule is Cc1cc(NC(=O)CCCCCN2C(=O)c3ccccc3C2=O)nn1Cc1ccc(F)cc1Cl. The zero-order valence-electron chi connectivity index (χ0n) is 18.7. The molecule has 176 valence electrons. The van der Waals surface area contributed by atoms with Gasteiger partial charge in [0.25, 0.3) is 11.8 Å². The molecule has 0 aliphatic carbocycles. The summed E-state index contributed by atoms with van der Waals surface area (Å²) in [6.07, 6.45) is 2.26. The van der Waals surface area contributed by atoms with Gasteiger partial charge in [-0.3, -0.25) is 24.0 Å². The van der Waals surface area contributed by atoms with E-state index in [2.05, 4.69) is 10.4 Å². The average molecular weight is 483 g/mol. The summed E-state index contributed by atoms with van der Waals surface area (Å²) < 4.78 is 14.9. The summed E-state index contributed by atoms with van der Waals surface area (Å²) >= 11 is 6.10. The van der Waals surface area contributed by atoms with Crippen molar-refractivity contribution in [3.8, 4) is 0 Å². The molecule has 4 rings (SSSR count). The maximum Gasteiger partial charge on any atom is 0.261 e. The molecule has 0 saturated heterocycles. The fourth-order valence-electron chi connectivity index (χ4n) is 3.92. The first-order valence-corrected chi connectivity index (χ1v) is 11.4. The monoisotopic (exact) mass is 482 g/mol. The lowest BCUT2D eigenvalue weighted by Gasteiger charge is -2.13. The van der Waals surface area contributed by atoms with Gasteiger partial charge in [-0.25, -0.2) is 4.39 Å². The lowest BCUT2D eigenvalue weighted by molar-refractivity contribution is -0.116. The average Bonchev–Trinajstić information content (AvgIpc) is 3.26. The number of carbonyl (C=O) groups excluding carboxylic acids is 3. The van der Waals surface area contributed by atoms with E-state index in [0.29, 0.717) is 60.7 Å². The highest BCUT2D eigenvalue weighted by Gasteiger charge is 2.34. The standard InChI is InChI=1S/C25H24ClFN4O3/c1-16-13-22(29-31(16)15-17-10-11-18(27)14-21(17)26)28-23(32)9-3-2-6-12-30-24(33)19-7-4-5-8-20(19)25(30)34/h4-5,7-8,10-11,13-14H,2-3,6,9,12,15H2,1H3,(H,28,29,32). The lowest BCUT2D eigenvalue weighted by Crippen LogP contribution is -2.30. The highest BCUT2D eigenvalue weighted by Crippen LogP contribution is 2.23. The minimum atomic E-state index is -0.400. The molecule has 9 heteroatoms. The Labute approximate surface area is 201 Å². The number of imide groups is 1. The van der Waals surface area contributed by atoms with Gasteiger partial charge in [-0.1, -0.05) is 36.2 Å². The molecular formula is C25H24ClFN4O3. The molecule has 1 aliphatic rings. The van der Waals surface area contributed by atoms with Crippen molar-refractivity contribution in [3.05, 3.63) is 81.8 Å². The highest BCUT2D eigenvalue weighted by molar-refractivity contribution is 6.31. The summed E-state index contributed by atoms with van der Waals surface area (Å²) in [6, 6.07) is 12.8. The number of anilines is 1. The molecule has 3 aromatic rings. The molecule has 2 aromatic carbocycles. The molecule has 1 aliphatic heterocycles. The summed E-state index contributed by atoms with van der Waals surface area (Å²) in [6.45, 7) is 2.56. The summed E-state index contributed by atoms with van der Waals surface area (Å²) in [7, 11) is 0. The highest BCUT2D eigenvalue weighted by atomic mass is 35.5. The van der Waals surface area contributed by atoms with E-state index in [9.17, 15) is 18.8 Å². The Morgan fingerprint density at radius 2 is 1.74 bits per heavy atom. The van der Waals surface area contributed by atoms with Crippen LogP contribution in [0.25, 0.3) is 0 Å². The van der Waals surface area contributed by atoms with Gasteiger partial charge in [0.05, 0.1) is 17.7 Å². The second-order valence-electron chi connectivity index (χ2n) is 8.23.